The van der Waals surface area contributed by atoms with Crippen LogP contribution in [0.2, 0.25) is 0 Å². The van der Waals surface area contributed by atoms with E-state index in [2.05, 4.69) is 65.9 Å². The predicted molar refractivity (Wildman–Crippen MR) is 89.6 cm³/mol. The SMILES string of the molecule is CCCCc1cc(C(C)(C)CC)sc1C(C)(C)CC. The molecule has 1 rings (SSSR count). The zero-order chi connectivity index (χ0) is 14.7. The molecule has 0 atom stereocenters. The highest BCUT2D eigenvalue weighted by molar-refractivity contribution is 7.12. The summed E-state index contributed by atoms with van der Waals surface area (Å²) >= 11 is 2.07. The second kappa shape index (κ2) is 6.43. The van der Waals surface area contributed by atoms with Crippen LogP contribution in [0.4, 0.5) is 0 Å². The van der Waals surface area contributed by atoms with E-state index in [0.717, 1.165) is 0 Å². The van der Waals surface area contributed by atoms with Crippen LogP contribution in [0.1, 0.15) is 89.5 Å². The van der Waals surface area contributed by atoms with Crippen LogP contribution in [0, 0.1) is 0 Å². The Kier molecular flexibility index (Phi) is 5.67. The van der Waals surface area contributed by atoms with E-state index >= 15 is 0 Å². The van der Waals surface area contributed by atoms with Crippen LogP contribution >= 0.6 is 11.3 Å². The van der Waals surface area contributed by atoms with Crippen molar-refractivity contribution in [3.63, 3.8) is 0 Å². The summed E-state index contributed by atoms with van der Waals surface area (Å²) in [4.78, 5) is 3.22. The van der Waals surface area contributed by atoms with Crippen LogP contribution in [0.5, 0.6) is 0 Å². The third-order valence-corrected chi connectivity index (χ3v) is 6.57. The maximum Gasteiger partial charge on any atom is 0.0137 e. The summed E-state index contributed by atoms with van der Waals surface area (Å²) in [5.41, 5.74) is 2.28. The van der Waals surface area contributed by atoms with Gasteiger partial charge in [0.15, 0.2) is 0 Å². The lowest BCUT2D eigenvalue weighted by Gasteiger charge is -2.24. The van der Waals surface area contributed by atoms with Gasteiger partial charge in [0.1, 0.15) is 0 Å². The summed E-state index contributed by atoms with van der Waals surface area (Å²) in [6, 6.07) is 2.51. The first-order chi connectivity index (χ1) is 8.78. The Hall–Kier alpha value is -0.300. The lowest BCUT2D eigenvalue weighted by molar-refractivity contribution is 0.511. The molecule has 0 aliphatic heterocycles. The molecule has 0 unspecified atom stereocenters. The van der Waals surface area contributed by atoms with Crippen molar-refractivity contribution in [3.8, 4) is 0 Å². The Morgan fingerprint density at radius 1 is 0.947 bits per heavy atom. The van der Waals surface area contributed by atoms with Crippen molar-refractivity contribution in [1.29, 1.82) is 0 Å². The van der Waals surface area contributed by atoms with Crippen molar-refractivity contribution < 1.29 is 0 Å². The van der Waals surface area contributed by atoms with Crippen LogP contribution in [0.25, 0.3) is 0 Å². The number of aryl methyl sites for hydroxylation is 1. The standard InChI is InChI=1S/C18H32S/c1-8-11-12-14-13-15(17(4,5)9-2)19-16(14)18(6,7)10-3/h13H,8-12H2,1-7H3. The normalized spacial score (nSPS) is 13.0. The molecule has 1 heteroatoms. The van der Waals surface area contributed by atoms with Crippen LogP contribution in [-0.2, 0) is 17.3 Å². The molecule has 0 spiro atoms. The van der Waals surface area contributed by atoms with Crippen molar-refractivity contribution >= 4 is 11.3 Å². The first kappa shape index (κ1) is 16.8. The van der Waals surface area contributed by atoms with E-state index in [1.165, 1.54) is 32.1 Å². The van der Waals surface area contributed by atoms with Crippen molar-refractivity contribution in [2.45, 2.75) is 91.4 Å². The third kappa shape index (κ3) is 3.84. The molecule has 0 nitrogen and oxygen atoms in total. The fourth-order valence-electron chi connectivity index (χ4n) is 2.22. The monoisotopic (exact) mass is 280 g/mol. The van der Waals surface area contributed by atoms with Crippen LogP contribution in [0.15, 0.2) is 6.07 Å². The lowest BCUT2D eigenvalue weighted by Crippen LogP contribution is -2.15. The highest BCUT2D eigenvalue weighted by Gasteiger charge is 2.28. The van der Waals surface area contributed by atoms with Gasteiger partial charge in [0.25, 0.3) is 0 Å². The molecule has 0 N–H and O–H groups in total. The molecule has 0 aliphatic rings. The van der Waals surface area contributed by atoms with Gasteiger partial charge in [0.2, 0.25) is 0 Å². The quantitative estimate of drug-likeness (QED) is 0.537. The zero-order valence-corrected chi connectivity index (χ0v) is 14.8. The zero-order valence-electron chi connectivity index (χ0n) is 14.0. The van der Waals surface area contributed by atoms with E-state index in [1.807, 2.05) is 0 Å². The molecule has 0 saturated heterocycles. The van der Waals surface area contributed by atoms with Crippen molar-refractivity contribution in [2.24, 2.45) is 0 Å². The highest BCUT2D eigenvalue weighted by Crippen LogP contribution is 2.42. The average Bonchev–Trinajstić information content (AvgIpc) is 2.82. The summed E-state index contributed by atoms with van der Waals surface area (Å²) in [5.74, 6) is 0. The van der Waals surface area contributed by atoms with E-state index in [4.69, 9.17) is 0 Å². The van der Waals surface area contributed by atoms with Crippen molar-refractivity contribution in [3.05, 3.63) is 21.4 Å². The molecule has 0 bridgehead atoms. The predicted octanol–water partition coefficient (Wildman–Crippen LogP) is 6.47. The fraction of sp³-hybridized carbons (Fsp3) is 0.778. The number of thiophene rings is 1. The van der Waals surface area contributed by atoms with E-state index in [1.54, 1.807) is 15.3 Å². The molecule has 0 aliphatic carbocycles. The van der Waals surface area contributed by atoms with Gasteiger partial charge in [0.05, 0.1) is 0 Å². The fourth-order valence-corrected chi connectivity index (χ4v) is 3.78. The molecule has 110 valence electrons. The maximum absolute atomic E-state index is 2.51. The van der Waals surface area contributed by atoms with E-state index < -0.39 is 0 Å². The molecule has 0 amide bonds. The van der Waals surface area contributed by atoms with Gasteiger partial charge in [-0.15, -0.1) is 11.3 Å². The van der Waals surface area contributed by atoms with Gasteiger partial charge in [-0.25, -0.2) is 0 Å². The Balaban J connectivity index is 3.20. The minimum absolute atomic E-state index is 0.327. The first-order valence-electron chi connectivity index (χ1n) is 7.92. The molecule has 0 fully saturated rings. The van der Waals surface area contributed by atoms with Gasteiger partial charge < -0.3 is 0 Å². The third-order valence-electron chi connectivity index (χ3n) is 4.66. The summed E-state index contributed by atoms with van der Waals surface area (Å²) in [6.45, 7) is 16.5. The molecule has 0 radical (unpaired) electrons. The van der Waals surface area contributed by atoms with E-state index in [0.29, 0.717) is 10.8 Å². The average molecular weight is 281 g/mol. The number of hydrogen-bond donors (Lipinski definition) is 0. The summed E-state index contributed by atoms with van der Waals surface area (Å²) in [5, 5.41) is 0. The van der Waals surface area contributed by atoms with Crippen LogP contribution in [-0.4, -0.2) is 0 Å². The second-order valence-corrected chi connectivity index (χ2v) is 8.10. The van der Waals surface area contributed by atoms with Crippen molar-refractivity contribution in [2.75, 3.05) is 0 Å². The Morgan fingerprint density at radius 2 is 1.53 bits per heavy atom. The summed E-state index contributed by atoms with van der Waals surface area (Å²) in [7, 11) is 0. The molecular weight excluding hydrogens is 248 g/mol. The minimum Gasteiger partial charge on any atom is -0.144 e. The molecule has 1 heterocycles. The second-order valence-electron chi connectivity index (χ2n) is 7.04. The van der Waals surface area contributed by atoms with Crippen LogP contribution in [0.3, 0.4) is 0 Å². The Morgan fingerprint density at radius 3 is 2.00 bits per heavy atom. The molecule has 1 aromatic rings. The van der Waals surface area contributed by atoms with Gasteiger partial charge in [-0.2, -0.15) is 0 Å². The molecule has 0 aromatic carbocycles. The number of unbranched alkanes of at least 4 members (excludes halogenated alkanes) is 1. The number of rotatable bonds is 7. The van der Waals surface area contributed by atoms with Crippen LogP contribution < -0.4 is 0 Å². The minimum atomic E-state index is 0.327. The Bertz CT molecular complexity index is 396. The Labute approximate surface area is 124 Å². The summed E-state index contributed by atoms with van der Waals surface area (Å²) < 4.78 is 0. The van der Waals surface area contributed by atoms with Gasteiger partial charge >= 0.3 is 0 Å². The topological polar surface area (TPSA) is 0 Å². The first-order valence-corrected chi connectivity index (χ1v) is 8.73. The largest absolute Gasteiger partial charge is 0.144 e. The van der Waals surface area contributed by atoms with Gasteiger partial charge in [-0.1, -0.05) is 54.9 Å². The molecular formula is C18H32S. The number of hydrogen-bond acceptors (Lipinski definition) is 1. The summed E-state index contributed by atoms with van der Waals surface area (Å²) in [6.07, 6.45) is 6.29. The van der Waals surface area contributed by atoms with Gasteiger partial charge in [-0.05, 0) is 48.1 Å². The highest BCUT2D eigenvalue weighted by atomic mass is 32.1. The van der Waals surface area contributed by atoms with E-state index in [-0.39, 0.29) is 0 Å². The maximum atomic E-state index is 2.51. The molecule has 0 saturated carbocycles. The molecule has 19 heavy (non-hydrogen) atoms. The van der Waals surface area contributed by atoms with E-state index in [9.17, 15) is 0 Å². The van der Waals surface area contributed by atoms with Crippen molar-refractivity contribution in [1.82, 2.24) is 0 Å². The van der Waals surface area contributed by atoms with Gasteiger partial charge in [-0.3, -0.25) is 0 Å². The lowest BCUT2D eigenvalue weighted by atomic mass is 9.84. The molecule has 1 aromatic heterocycles. The smallest absolute Gasteiger partial charge is 0.0137 e. The van der Waals surface area contributed by atoms with Gasteiger partial charge in [0, 0.05) is 9.75 Å².